The average Bonchev–Trinajstić information content (AvgIpc) is 1.65. The van der Waals surface area contributed by atoms with Crippen LogP contribution in [0.25, 0.3) is 33.8 Å². The van der Waals surface area contributed by atoms with Crippen molar-refractivity contribution in [2.75, 3.05) is 99.7 Å². The van der Waals surface area contributed by atoms with Crippen LogP contribution < -0.4 is 15.4 Å². The third-order valence-electron chi connectivity index (χ3n) is 19.8. The predicted molar refractivity (Wildman–Crippen MR) is 430 cm³/mol. The summed E-state index contributed by atoms with van der Waals surface area (Å²) in [6.07, 6.45) is 16.0. The lowest BCUT2D eigenvalue weighted by molar-refractivity contribution is -0.140. The number of ether oxygens (including phenoxy) is 3. The summed E-state index contributed by atoms with van der Waals surface area (Å²) in [4.78, 5) is 13.1. The number of hydrogen-bond acceptors (Lipinski definition) is 14. The molecular formula is C84H130F7N15O3. The minimum Gasteiger partial charge on any atom is -0.487 e. The normalized spacial score (nSPS) is 16.1. The number of alkyl halides is 6. The molecule has 1 unspecified atom stereocenters. The smallest absolute Gasteiger partial charge is 0.420 e. The molecule has 2 saturated heterocycles. The van der Waals surface area contributed by atoms with Gasteiger partial charge in [0.25, 0.3) is 0 Å². The molecule has 109 heavy (non-hydrogen) atoms. The minimum absolute atomic E-state index is 0. The molecule has 1 spiro atoms. The first kappa shape index (κ1) is 93.9. The highest BCUT2D eigenvalue weighted by atomic mass is 19.4. The molecular weight excluding hydrogens is 1400 g/mol. The fourth-order valence-corrected chi connectivity index (χ4v) is 13.7. The SMILES string of the molecule is C.C.C.C.CCCCN(C)Cc1ccnn1C1CCC2(CCOC2)CC1.CCCCN(C)Cc1cn[nH]c1-c1ccc(CC(C)C)c(C(F)(F)F)c1.CCCCN(C)Cc1cn[nH]c1-c1ccc(NC(C)c2cccnc2)cc1.CNCCN(C)Cc1cn[nH]c1-c1cc(F)c(OC2CCOCC2)c(C(F)(F)F)c1. The fraction of sp³-hybridized carbons (Fsp3) is 0.583. The molecule has 0 radical (unpaired) electrons. The van der Waals surface area contributed by atoms with Crippen molar-refractivity contribution in [1.29, 1.82) is 0 Å². The molecule has 5 N–H and O–H groups in total. The molecule has 3 aliphatic rings. The summed E-state index contributed by atoms with van der Waals surface area (Å²) < 4.78 is 115. The lowest BCUT2D eigenvalue weighted by Crippen LogP contribution is -2.30. The van der Waals surface area contributed by atoms with Crippen molar-refractivity contribution in [2.24, 2.45) is 11.3 Å². The largest absolute Gasteiger partial charge is 0.487 e. The number of aromatic nitrogens is 9. The summed E-state index contributed by atoms with van der Waals surface area (Å²) in [6.45, 7) is 23.1. The van der Waals surface area contributed by atoms with Crippen LogP contribution in [0.1, 0.15) is 211 Å². The van der Waals surface area contributed by atoms with Gasteiger partial charge in [0.2, 0.25) is 0 Å². The highest BCUT2D eigenvalue weighted by Gasteiger charge is 2.41. The summed E-state index contributed by atoms with van der Waals surface area (Å²) in [5, 5.41) is 32.2. The Labute approximate surface area is 646 Å². The van der Waals surface area contributed by atoms with E-state index in [0.717, 1.165) is 100.0 Å². The van der Waals surface area contributed by atoms with Gasteiger partial charge in [-0.05, 0) is 185 Å². The van der Waals surface area contributed by atoms with Crippen LogP contribution in [-0.4, -0.2) is 165 Å². The number of nitrogens with one attached hydrogen (secondary N) is 5. The Bertz CT molecular complexity index is 3780. The number of benzene rings is 3. The molecule has 11 rings (SSSR count). The van der Waals surface area contributed by atoms with Gasteiger partial charge in [-0.3, -0.25) is 25.0 Å². The van der Waals surface area contributed by atoms with Gasteiger partial charge in [-0.25, -0.2) is 4.39 Å². The second-order valence-corrected chi connectivity index (χ2v) is 29.2. The molecule has 2 aliphatic heterocycles. The second kappa shape index (κ2) is 46.3. The van der Waals surface area contributed by atoms with Crippen molar-refractivity contribution < 1.29 is 44.9 Å². The van der Waals surface area contributed by atoms with Gasteiger partial charge in [-0.15, -0.1) is 0 Å². The summed E-state index contributed by atoms with van der Waals surface area (Å²) in [5.41, 5.74) is 9.52. The fourth-order valence-electron chi connectivity index (χ4n) is 13.7. The molecule has 1 aliphatic carbocycles. The molecule has 8 aromatic rings. The van der Waals surface area contributed by atoms with Crippen LogP contribution in [0, 0.1) is 17.2 Å². The first-order valence-electron chi connectivity index (χ1n) is 37.6. The summed E-state index contributed by atoms with van der Waals surface area (Å²) in [6, 6.07) is 22.2. The van der Waals surface area contributed by atoms with Gasteiger partial charge in [-0.1, -0.05) is 114 Å². The maximum Gasteiger partial charge on any atom is 0.420 e. The second-order valence-electron chi connectivity index (χ2n) is 29.2. The lowest BCUT2D eigenvalue weighted by atomic mass is 9.72. The Morgan fingerprint density at radius 1 is 0.587 bits per heavy atom. The van der Waals surface area contributed by atoms with E-state index < -0.39 is 41.2 Å². The zero-order valence-corrected chi connectivity index (χ0v) is 63.6. The van der Waals surface area contributed by atoms with Crippen LogP contribution in [0.4, 0.5) is 36.4 Å². The third kappa shape index (κ3) is 28.6. The number of halogens is 7. The summed E-state index contributed by atoms with van der Waals surface area (Å²) >= 11 is 0. The van der Waals surface area contributed by atoms with Crippen LogP contribution in [-0.2, 0) is 54.4 Å². The molecule has 3 aromatic carbocycles. The molecule has 3 fully saturated rings. The van der Waals surface area contributed by atoms with Crippen molar-refractivity contribution in [1.82, 2.24) is 70.3 Å². The van der Waals surface area contributed by atoms with Crippen molar-refractivity contribution in [3.05, 3.63) is 160 Å². The van der Waals surface area contributed by atoms with Crippen molar-refractivity contribution in [3.63, 3.8) is 0 Å². The van der Waals surface area contributed by atoms with E-state index in [1.165, 1.54) is 87.2 Å². The average molecular weight is 1530 g/mol. The van der Waals surface area contributed by atoms with Crippen LogP contribution in [0.5, 0.6) is 5.75 Å². The first-order chi connectivity index (χ1) is 50.4. The number of anilines is 1. The zero-order valence-electron chi connectivity index (χ0n) is 63.6. The molecule has 5 aromatic heterocycles. The molecule has 0 bridgehead atoms. The highest BCUT2D eigenvalue weighted by molar-refractivity contribution is 5.67. The Kier molecular flexibility index (Phi) is 39.9. The monoisotopic (exact) mass is 1530 g/mol. The van der Waals surface area contributed by atoms with E-state index in [-0.39, 0.29) is 47.2 Å². The van der Waals surface area contributed by atoms with Gasteiger partial charge in [0.05, 0.1) is 78.8 Å². The van der Waals surface area contributed by atoms with Crippen LogP contribution in [0.15, 0.2) is 110 Å². The highest BCUT2D eigenvalue weighted by Crippen LogP contribution is 2.47. The van der Waals surface area contributed by atoms with Gasteiger partial charge in [0, 0.05) is 116 Å². The van der Waals surface area contributed by atoms with E-state index in [2.05, 4.69) is 149 Å². The standard InChI is InChI=1S/C22H29N5.C20H26F4N4O2.C20H28F3N3.C18H31N3O.4CH4/c1-4-5-13-27(3)16-20-15-24-26-22(20)18-8-10-21(11-9-18)25-17(2)19-7-6-12-23-14-19;1-25-5-6-28(2)12-14-11-26-27-18(14)13-9-16(20(22,23)24)19(17(21)10-13)30-15-3-7-29-8-4-15;1-5-6-9-26(4)13-17-12-24-25-19(17)16-8-7-15(10-14(2)3)18(11-16)20(21,22)23;1-3-4-12-20(2)14-17-7-11-19-21(17)16-5-8-18(9-6-16)10-13-22-15-18;;;;/h6-12,14-15,17,25H,4-5,13,16H2,1-3H3,(H,24,26);9-11,15,25H,3-8,12H2,1-2H3,(H,26,27);7-8,11-12,14H,5-6,9-10,13H2,1-4H3,(H,24,25);7,11,16H,3-6,8-10,12-15H2,1-2H3;4*1H4. The quantitative estimate of drug-likeness (QED) is 0.0259. The number of rotatable bonds is 31. The van der Waals surface area contributed by atoms with Gasteiger partial charge in [0.15, 0.2) is 11.6 Å². The first-order valence-corrected chi connectivity index (χ1v) is 37.6. The van der Waals surface area contributed by atoms with Crippen molar-refractivity contribution in [3.8, 4) is 39.5 Å². The molecule has 0 amide bonds. The van der Waals surface area contributed by atoms with E-state index >= 15 is 0 Å². The Morgan fingerprint density at radius 3 is 1.61 bits per heavy atom. The molecule has 1 saturated carbocycles. The predicted octanol–water partition coefficient (Wildman–Crippen LogP) is 20.0. The van der Waals surface area contributed by atoms with Crippen LogP contribution in [0.2, 0.25) is 0 Å². The Balaban J connectivity index is 0.000000305. The number of hydrogen-bond donors (Lipinski definition) is 5. The minimum atomic E-state index is -4.76. The molecule has 608 valence electrons. The molecule has 7 heterocycles. The van der Waals surface area contributed by atoms with Crippen LogP contribution in [0.3, 0.4) is 0 Å². The van der Waals surface area contributed by atoms with Gasteiger partial charge in [0.1, 0.15) is 11.7 Å². The lowest BCUT2D eigenvalue weighted by Gasteiger charge is -2.36. The number of aromatic amines is 3. The number of H-pyrrole nitrogens is 3. The Morgan fingerprint density at radius 2 is 1.11 bits per heavy atom. The van der Waals surface area contributed by atoms with E-state index in [9.17, 15) is 30.7 Å². The van der Waals surface area contributed by atoms with E-state index in [4.69, 9.17) is 14.2 Å². The zero-order chi connectivity index (χ0) is 75.5. The Hall–Kier alpha value is -7.52. The summed E-state index contributed by atoms with van der Waals surface area (Å²) in [7, 11) is 10.1. The van der Waals surface area contributed by atoms with E-state index in [0.29, 0.717) is 85.1 Å². The van der Waals surface area contributed by atoms with Crippen molar-refractivity contribution in [2.45, 2.75) is 218 Å². The molecule has 1 atom stereocenters. The number of unbranched alkanes of at least 4 members (excludes halogenated alkanes) is 3. The van der Waals surface area contributed by atoms with Crippen molar-refractivity contribution >= 4 is 5.69 Å². The molecule has 18 nitrogen and oxygen atoms in total. The maximum atomic E-state index is 14.8. The maximum absolute atomic E-state index is 14.8. The van der Waals surface area contributed by atoms with Gasteiger partial charge < -0.3 is 44.4 Å². The van der Waals surface area contributed by atoms with Crippen LogP contribution >= 0.6 is 0 Å². The van der Waals surface area contributed by atoms with Gasteiger partial charge in [-0.2, -0.15) is 46.7 Å². The third-order valence-corrected chi connectivity index (χ3v) is 19.8. The number of pyridine rings is 1. The van der Waals surface area contributed by atoms with E-state index in [1.54, 1.807) is 30.7 Å². The topological polar surface area (TPSA) is 181 Å². The summed E-state index contributed by atoms with van der Waals surface area (Å²) in [5.74, 6) is -1.64. The molecule has 25 heteroatoms. The van der Waals surface area contributed by atoms with E-state index in [1.807, 2.05) is 64.5 Å². The number of likely N-dealkylation sites (N-methyl/N-ethyl adjacent to an activating group) is 2. The number of nitrogens with zero attached hydrogens (tertiary/aromatic N) is 10. The van der Waals surface area contributed by atoms with Gasteiger partial charge >= 0.3 is 12.4 Å².